The van der Waals surface area contributed by atoms with Crippen LogP contribution in [0.25, 0.3) is 0 Å². The summed E-state index contributed by atoms with van der Waals surface area (Å²) in [6.07, 6.45) is 1.88. The number of carbonyl (C=O) groups excluding carboxylic acids is 1. The van der Waals surface area contributed by atoms with E-state index in [0.717, 1.165) is 0 Å². The van der Waals surface area contributed by atoms with E-state index in [1.54, 1.807) is 16.8 Å². The molecule has 0 saturated carbocycles. The number of Topliss-reactive ketones (excluding diaryl/α,β-unsaturated/α-hetero) is 1. The van der Waals surface area contributed by atoms with Gasteiger partial charge in [-0.05, 0) is 5.41 Å². The van der Waals surface area contributed by atoms with Crippen molar-refractivity contribution in [3.05, 3.63) is 11.6 Å². The van der Waals surface area contributed by atoms with Crippen LogP contribution in [0, 0.1) is 0 Å². The molecule has 1 atom stereocenters. The second-order valence-electron chi connectivity index (χ2n) is 2.72. The van der Waals surface area contributed by atoms with Crippen LogP contribution in [0.4, 0.5) is 0 Å². The van der Waals surface area contributed by atoms with E-state index >= 15 is 0 Å². The summed E-state index contributed by atoms with van der Waals surface area (Å²) in [7, 11) is 1.88. The topological polar surface area (TPSA) is 35.9 Å². The Kier molecular flexibility index (Phi) is 1.61. The Morgan fingerprint density at radius 1 is 1.75 bits per heavy atom. The van der Waals surface area contributed by atoms with Gasteiger partial charge in [-0.1, -0.05) is 11.8 Å². The molecule has 2 heterocycles. The van der Waals surface area contributed by atoms with Gasteiger partial charge in [0.15, 0.2) is 17.1 Å². The minimum absolute atomic E-state index is 0.0147. The van der Waals surface area contributed by atoms with E-state index in [0.29, 0.717) is 5.84 Å². The molecule has 0 aliphatic carbocycles. The highest BCUT2D eigenvalue weighted by atomic mass is 32.2. The molecule has 12 heavy (non-hydrogen) atoms. The van der Waals surface area contributed by atoms with Gasteiger partial charge >= 0.3 is 0 Å². The highest BCUT2D eigenvalue weighted by Crippen LogP contribution is 2.31. The van der Waals surface area contributed by atoms with Gasteiger partial charge in [0, 0.05) is 20.2 Å². The van der Waals surface area contributed by atoms with E-state index in [4.69, 9.17) is 0 Å². The minimum atomic E-state index is 0.0147. The van der Waals surface area contributed by atoms with Crippen LogP contribution in [0.5, 0.6) is 0 Å². The molecule has 0 aromatic rings. The fraction of sp³-hybridized carbons (Fsp3) is 0.429. The number of likely N-dealkylation sites (N-methyl/N-ethyl adjacent to an activating group) is 1. The molecule has 0 spiro atoms. The van der Waals surface area contributed by atoms with Gasteiger partial charge < -0.3 is 4.90 Å². The molecular weight excluding hydrogens is 174 g/mol. The lowest BCUT2D eigenvalue weighted by atomic mass is 10.4. The number of hydrogen-bond donors (Lipinski definition) is 0. The highest BCUT2D eigenvalue weighted by Gasteiger charge is 2.34. The van der Waals surface area contributed by atoms with Crippen molar-refractivity contribution in [1.29, 1.82) is 0 Å². The predicted molar refractivity (Wildman–Crippen MR) is 48.2 cm³/mol. The molecule has 2 aliphatic rings. The van der Waals surface area contributed by atoms with Crippen molar-refractivity contribution in [2.75, 3.05) is 7.05 Å². The Labute approximate surface area is 74.9 Å². The number of fused-ring (bicyclic) bond motifs is 1. The Bertz CT molecular complexity index is 286. The first-order valence-electron chi connectivity index (χ1n) is 3.63. The molecule has 0 bridgehead atoms. The van der Waals surface area contributed by atoms with E-state index in [2.05, 4.69) is 5.10 Å². The summed E-state index contributed by atoms with van der Waals surface area (Å²) >= 11 is 1.65. The lowest BCUT2D eigenvalue weighted by Crippen LogP contribution is -2.35. The van der Waals surface area contributed by atoms with Crippen LogP contribution in [0.15, 0.2) is 16.7 Å². The van der Waals surface area contributed by atoms with Crippen molar-refractivity contribution >= 4 is 23.4 Å². The summed E-state index contributed by atoms with van der Waals surface area (Å²) in [6, 6.07) is 0. The summed E-state index contributed by atoms with van der Waals surface area (Å²) in [6.45, 7) is 1.53. The van der Waals surface area contributed by atoms with Gasteiger partial charge in [0.05, 0.1) is 0 Å². The molecule has 0 radical (unpaired) electrons. The van der Waals surface area contributed by atoms with Crippen LogP contribution in [-0.2, 0) is 4.79 Å². The van der Waals surface area contributed by atoms with Crippen LogP contribution >= 0.6 is 11.8 Å². The average Bonchev–Trinajstić information content (AvgIpc) is 2.53. The molecule has 0 fully saturated rings. The minimum Gasteiger partial charge on any atom is -0.324 e. The maximum Gasteiger partial charge on any atom is 0.196 e. The lowest BCUT2D eigenvalue weighted by Gasteiger charge is -2.20. The van der Waals surface area contributed by atoms with Crippen molar-refractivity contribution < 1.29 is 4.79 Å². The molecule has 1 unspecified atom stereocenters. The summed E-state index contributed by atoms with van der Waals surface area (Å²) in [4.78, 5) is 12.9. The predicted octanol–water partition coefficient (Wildman–Crippen LogP) is 0.638. The van der Waals surface area contributed by atoms with Gasteiger partial charge in [0.25, 0.3) is 0 Å². The second-order valence-corrected chi connectivity index (χ2v) is 3.68. The molecular formula is C7H9N3OS. The summed E-state index contributed by atoms with van der Waals surface area (Å²) in [5.41, 5.74) is 0.156. The summed E-state index contributed by atoms with van der Waals surface area (Å²) in [5, 5.41) is 7.92. The van der Waals surface area contributed by atoms with Crippen LogP contribution < -0.4 is 0 Å². The Hall–Kier alpha value is -0.970. The number of amidine groups is 1. The van der Waals surface area contributed by atoms with Gasteiger partial charge in [-0.25, -0.2) is 5.01 Å². The van der Waals surface area contributed by atoms with Crippen molar-refractivity contribution in [3.8, 4) is 0 Å². The Morgan fingerprint density at radius 2 is 2.50 bits per heavy atom. The molecule has 2 aliphatic heterocycles. The van der Waals surface area contributed by atoms with Crippen LogP contribution in [0.3, 0.4) is 0 Å². The van der Waals surface area contributed by atoms with Crippen molar-refractivity contribution in [3.63, 3.8) is 0 Å². The van der Waals surface area contributed by atoms with Gasteiger partial charge in [-0.3, -0.25) is 4.79 Å². The number of carbonyl (C=O) groups is 1. The third kappa shape index (κ3) is 0.929. The molecule has 5 heteroatoms. The van der Waals surface area contributed by atoms with Gasteiger partial charge in [0.2, 0.25) is 0 Å². The molecule has 0 aromatic heterocycles. The monoisotopic (exact) mass is 183 g/mol. The first-order valence-corrected chi connectivity index (χ1v) is 4.57. The summed E-state index contributed by atoms with van der Waals surface area (Å²) < 4.78 is 0. The fourth-order valence-corrected chi connectivity index (χ4v) is 2.12. The largest absolute Gasteiger partial charge is 0.324 e. The number of hydrogen-bond acceptors (Lipinski definition) is 5. The Balaban J connectivity index is 2.27. The average molecular weight is 183 g/mol. The maximum absolute atomic E-state index is 11.1. The van der Waals surface area contributed by atoms with E-state index in [1.165, 1.54) is 6.92 Å². The van der Waals surface area contributed by atoms with Crippen molar-refractivity contribution in [1.82, 2.24) is 9.91 Å². The smallest absolute Gasteiger partial charge is 0.196 e. The normalized spacial score (nSPS) is 26.2. The van der Waals surface area contributed by atoms with E-state index in [9.17, 15) is 4.79 Å². The molecule has 0 saturated heterocycles. The first-order chi connectivity index (χ1) is 5.70. The number of nitrogens with zero attached hydrogens (tertiary/aromatic N) is 3. The molecule has 0 N–H and O–H groups in total. The number of ketones is 1. The molecule has 4 nitrogen and oxygen atoms in total. The highest BCUT2D eigenvalue weighted by molar-refractivity contribution is 8.02. The van der Waals surface area contributed by atoms with E-state index in [1.807, 2.05) is 23.6 Å². The van der Waals surface area contributed by atoms with Gasteiger partial charge in [-0.15, -0.1) is 5.10 Å². The zero-order valence-corrected chi connectivity index (χ0v) is 7.71. The van der Waals surface area contributed by atoms with Crippen LogP contribution in [0.1, 0.15) is 6.92 Å². The van der Waals surface area contributed by atoms with Crippen molar-refractivity contribution in [2.24, 2.45) is 5.10 Å². The quantitative estimate of drug-likeness (QED) is 0.597. The number of rotatable bonds is 1. The first kappa shape index (κ1) is 7.67. The van der Waals surface area contributed by atoms with Gasteiger partial charge in [0.1, 0.15) is 0 Å². The SMILES string of the molecule is CC(=O)C1=NN2C=CSC2N1C. The zero-order chi connectivity index (χ0) is 8.72. The summed E-state index contributed by atoms with van der Waals surface area (Å²) in [5.74, 6) is 0.553. The Morgan fingerprint density at radius 3 is 3.08 bits per heavy atom. The second kappa shape index (κ2) is 2.52. The lowest BCUT2D eigenvalue weighted by molar-refractivity contribution is -0.111. The molecule has 2 rings (SSSR count). The van der Waals surface area contributed by atoms with Crippen molar-refractivity contribution in [2.45, 2.75) is 12.4 Å². The maximum atomic E-state index is 11.1. The standard InChI is InChI=1S/C7H9N3OS/c1-5(11)6-8-10-3-4-12-7(10)9(6)2/h3-4,7H,1-2H3. The van der Waals surface area contributed by atoms with Crippen LogP contribution in [-0.4, -0.2) is 34.1 Å². The van der Waals surface area contributed by atoms with Gasteiger partial charge in [-0.2, -0.15) is 0 Å². The molecule has 64 valence electrons. The fourth-order valence-electron chi connectivity index (χ4n) is 1.26. The number of hydrazone groups is 1. The molecule has 0 amide bonds. The third-order valence-electron chi connectivity index (χ3n) is 1.83. The zero-order valence-electron chi connectivity index (χ0n) is 6.89. The number of thioether (sulfide) groups is 1. The van der Waals surface area contributed by atoms with E-state index < -0.39 is 0 Å². The van der Waals surface area contributed by atoms with Crippen LogP contribution in [0.2, 0.25) is 0 Å². The van der Waals surface area contributed by atoms with E-state index in [-0.39, 0.29) is 11.3 Å². The molecule has 0 aromatic carbocycles. The third-order valence-corrected chi connectivity index (χ3v) is 2.89.